The van der Waals surface area contributed by atoms with Gasteiger partial charge in [0.15, 0.2) is 0 Å². The maximum absolute atomic E-state index is 5.03. The average Bonchev–Trinajstić information content (AvgIpc) is 3.53. The quantitative estimate of drug-likeness (QED) is 0.403. The summed E-state index contributed by atoms with van der Waals surface area (Å²) in [5.74, 6) is 5.03. The molecule has 6 rings (SSSR count). The molecule has 30 heavy (non-hydrogen) atoms. The Morgan fingerprint density at radius 3 is 1.63 bits per heavy atom. The number of hydrogen-bond acceptors (Lipinski definition) is 0. The van der Waals surface area contributed by atoms with Crippen LogP contribution in [-0.4, -0.2) is 0 Å². The molecule has 6 atom stereocenters. The van der Waals surface area contributed by atoms with E-state index in [4.69, 9.17) is 9.97 Å². The molecular weight excluding hydrogens is 547 g/mol. The zero-order valence-electron chi connectivity index (χ0n) is 17.9. The minimum Gasteiger partial charge on any atom is -0.666 e. The van der Waals surface area contributed by atoms with Gasteiger partial charge >= 0.3 is 21.1 Å². The van der Waals surface area contributed by atoms with Crippen LogP contribution in [0.15, 0.2) is 24.3 Å². The van der Waals surface area contributed by atoms with E-state index in [1.165, 1.54) is 87.0 Å². The standard InChI is InChI=1S/C27H34N2.Pt/c1-3-18-7-9-22(15-20(18)5-1)26-13-11-24(28-26)17-25-12-14-27(29-25)23-10-8-19-4-2-6-21(19)16-23;/h9-14,18-23H,1-8,15-17H2;/q-4;+4. The third-order valence-electron chi connectivity index (χ3n) is 8.75. The van der Waals surface area contributed by atoms with E-state index >= 15 is 0 Å². The number of nitrogens with zero attached hydrogens (tertiary/aromatic N) is 2. The molecule has 0 N–H and O–H groups in total. The molecule has 2 nitrogen and oxygen atoms in total. The van der Waals surface area contributed by atoms with Gasteiger partial charge in [0.25, 0.3) is 0 Å². The van der Waals surface area contributed by atoms with Crippen molar-refractivity contribution >= 4 is 0 Å². The van der Waals surface area contributed by atoms with Crippen molar-refractivity contribution in [1.82, 2.24) is 9.97 Å². The van der Waals surface area contributed by atoms with E-state index in [0.717, 1.165) is 30.1 Å². The summed E-state index contributed by atoms with van der Waals surface area (Å²) in [7, 11) is 0. The van der Waals surface area contributed by atoms with Gasteiger partial charge in [0.1, 0.15) is 0 Å². The van der Waals surface area contributed by atoms with Gasteiger partial charge in [-0.25, -0.2) is 0 Å². The second kappa shape index (κ2) is 9.01. The van der Waals surface area contributed by atoms with Crippen LogP contribution in [0, 0.1) is 36.5 Å². The molecule has 0 radical (unpaired) electrons. The summed E-state index contributed by atoms with van der Waals surface area (Å²) >= 11 is 0. The SMILES string of the molecule is [Pt+4].c1cc(C2[CH-]CC3CCCC3C2)[n-]c1Cc1ccc(C2[CH-]CC3CCCC3C2)[n-]1. The van der Waals surface area contributed by atoms with Gasteiger partial charge in [0, 0.05) is 0 Å². The maximum atomic E-state index is 5.03. The smallest absolute Gasteiger partial charge is 0.666 e. The summed E-state index contributed by atoms with van der Waals surface area (Å²) in [6.07, 6.45) is 20.0. The van der Waals surface area contributed by atoms with Crippen molar-refractivity contribution < 1.29 is 21.1 Å². The molecule has 2 heterocycles. The van der Waals surface area contributed by atoms with Crippen molar-refractivity contribution in [2.75, 3.05) is 0 Å². The van der Waals surface area contributed by atoms with Crippen LogP contribution in [0.3, 0.4) is 0 Å². The molecular formula is C27H34N2Pt. The van der Waals surface area contributed by atoms with Gasteiger partial charge in [-0.2, -0.15) is 47.5 Å². The molecule has 2 aromatic rings. The van der Waals surface area contributed by atoms with Crippen LogP contribution in [0.1, 0.15) is 98.8 Å². The van der Waals surface area contributed by atoms with E-state index in [2.05, 4.69) is 37.1 Å². The van der Waals surface area contributed by atoms with Crippen LogP contribution in [0.4, 0.5) is 0 Å². The van der Waals surface area contributed by atoms with Crippen LogP contribution in [-0.2, 0) is 27.5 Å². The fraction of sp³-hybridized carbons (Fsp3) is 0.630. The minimum atomic E-state index is 0. The molecule has 0 amide bonds. The molecule has 4 saturated carbocycles. The minimum absolute atomic E-state index is 0. The van der Waals surface area contributed by atoms with E-state index < -0.39 is 0 Å². The molecule has 0 aromatic carbocycles. The first-order valence-electron chi connectivity index (χ1n) is 12.2. The van der Waals surface area contributed by atoms with Gasteiger partial charge in [-0.05, 0) is 18.3 Å². The van der Waals surface area contributed by atoms with Gasteiger partial charge in [-0.3, -0.25) is 0 Å². The van der Waals surface area contributed by atoms with Gasteiger partial charge in [0.05, 0.1) is 0 Å². The van der Waals surface area contributed by atoms with Crippen LogP contribution in [0.2, 0.25) is 0 Å². The number of fused-ring (bicyclic) bond motifs is 2. The molecule has 4 fully saturated rings. The first kappa shape index (κ1) is 21.1. The van der Waals surface area contributed by atoms with Crippen molar-refractivity contribution in [3.63, 3.8) is 0 Å². The fourth-order valence-electron chi connectivity index (χ4n) is 7.11. The molecule has 162 valence electrons. The summed E-state index contributed by atoms with van der Waals surface area (Å²) in [5, 5.41) is 0. The third-order valence-corrected chi connectivity index (χ3v) is 8.75. The number of hydrogen-bond donors (Lipinski definition) is 0. The molecule has 0 aliphatic heterocycles. The molecule has 3 heteroatoms. The van der Waals surface area contributed by atoms with E-state index in [-0.39, 0.29) is 21.1 Å². The zero-order valence-corrected chi connectivity index (χ0v) is 20.2. The van der Waals surface area contributed by atoms with Crippen molar-refractivity contribution in [2.24, 2.45) is 23.7 Å². The van der Waals surface area contributed by atoms with Crippen LogP contribution >= 0.6 is 0 Å². The zero-order chi connectivity index (χ0) is 19.2. The maximum Gasteiger partial charge on any atom is 4.00 e. The largest absolute Gasteiger partial charge is 4.00 e. The van der Waals surface area contributed by atoms with Gasteiger partial charge < -0.3 is 22.8 Å². The molecule has 0 saturated heterocycles. The van der Waals surface area contributed by atoms with E-state index in [9.17, 15) is 0 Å². The Hall–Kier alpha value is -0.752. The second-order valence-corrected chi connectivity index (χ2v) is 10.4. The monoisotopic (exact) mass is 581 g/mol. The molecule has 0 bridgehead atoms. The van der Waals surface area contributed by atoms with E-state index in [1.54, 1.807) is 0 Å². The van der Waals surface area contributed by atoms with Crippen LogP contribution in [0.5, 0.6) is 0 Å². The summed E-state index contributed by atoms with van der Waals surface area (Å²) in [4.78, 5) is 10.1. The number of aromatic nitrogens is 2. The predicted molar refractivity (Wildman–Crippen MR) is 117 cm³/mol. The Morgan fingerprint density at radius 2 is 1.13 bits per heavy atom. The van der Waals surface area contributed by atoms with Gasteiger partial charge in [0.2, 0.25) is 0 Å². The van der Waals surface area contributed by atoms with Crippen molar-refractivity contribution in [3.05, 3.63) is 59.9 Å². The third kappa shape index (κ3) is 4.15. The number of rotatable bonds is 4. The Kier molecular flexibility index (Phi) is 6.34. The van der Waals surface area contributed by atoms with Gasteiger partial charge in [-0.15, -0.1) is 0 Å². The molecule has 0 spiro atoms. The first-order chi connectivity index (χ1) is 14.3. The topological polar surface area (TPSA) is 28.2 Å². The Morgan fingerprint density at radius 1 is 0.667 bits per heavy atom. The predicted octanol–water partition coefficient (Wildman–Crippen LogP) is 6.19. The Bertz CT molecular complexity index is 767. The van der Waals surface area contributed by atoms with Crippen LogP contribution < -0.4 is 9.97 Å². The summed E-state index contributed by atoms with van der Waals surface area (Å²) in [6.45, 7) is 0. The average molecular weight is 582 g/mol. The van der Waals surface area contributed by atoms with Crippen molar-refractivity contribution in [1.29, 1.82) is 0 Å². The summed E-state index contributed by atoms with van der Waals surface area (Å²) in [5.41, 5.74) is 5.03. The fourth-order valence-corrected chi connectivity index (χ4v) is 7.11. The van der Waals surface area contributed by atoms with Gasteiger partial charge in [-0.1, -0.05) is 87.5 Å². The molecule has 4 aliphatic rings. The van der Waals surface area contributed by atoms with Crippen molar-refractivity contribution in [3.8, 4) is 0 Å². The Labute approximate surface area is 196 Å². The first-order valence-corrected chi connectivity index (χ1v) is 12.2. The molecule has 4 aliphatic carbocycles. The summed E-state index contributed by atoms with van der Waals surface area (Å²) in [6, 6.07) is 9.05. The molecule has 2 aromatic heterocycles. The normalized spacial score (nSPS) is 35.6. The molecule has 6 unspecified atom stereocenters. The second-order valence-electron chi connectivity index (χ2n) is 10.4. The summed E-state index contributed by atoms with van der Waals surface area (Å²) < 4.78 is 0. The Balaban J connectivity index is 0.00000193. The van der Waals surface area contributed by atoms with Crippen molar-refractivity contribution in [2.45, 2.75) is 82.5 Å². The van der Waals surface area contributed by atoms with Crippen LogP contribution in [0.25, 0.3) is 0 Å². The van der Waals surface area contributed by atoms with E-state index in [1.807, 2.05) is 0 Å². The van der Waals surface area contributed by atoms with E-state index in [0.29, 0.717) is 11.8 Å².